The van der Waals surface area contributed by atoms with Crippen molar-refractivity contribution in [2.24, 2.45) is 5.73 Å². The van der Waals surface area contributed by atoms with Crippen molar-refractivity contribution >= 4 is 0 Å². The van der Waals surface area contributed by atoms with Crippen molar-refractivity contribution in [3.63, 3.8) is 0 Å². The third kappa shape index (κ3) is 2.90. The predicted octanol–water partition coefficient (Wildman–Crippen LogP) is 3.31. The van der Waals surface area contributed by atoms with Gasteiger partial charge in [-0.3, -0.25) is 0 Å². The van der Waals surface area contributed by atoms with Gasteiger partial charge in [-0.2, -0.15) is 0 Å². The Balaban J connectivity index is 2.28. The molecule has 0 fully saturated rings. The second-order valence-corrected chi connectivity index (χ2v) is 4.49. The summed E-state index contributed by atoms with van der Waals surface area (Å²) in [6.07, 6.45) is 0. The highest BCUT2D eigenvalue weighted by Crippen LogP contribution is 2.26. The fraction of sp³-hybridized carbons (Fsp3) is 0.250. The summed E-state index contributed by atoms with van der Waals surface area (Å²) in [5.74, 6) is 0.914. The molecule has 0 unspecified atom stereocenters. The number of aryl methyl sites for hydroxylation is 2. The summed E-state index contributed by atoms with van der Waals surface area (Å²) in [7, 11) is 0. The lowest BCUT2D eigenvalue weighted by atomic mass is 10.0. The van der Waals surface area contributed by atoms with Crippen molar-refractivity contribution in [2.75, 3.05) is 13.2 Å². The molecule has 0 atom stereocenters. The number of ether oxygens (including phenoxy) is 1. The van der Waals surface area contributed by atoms with E-state index in [9.17, 15) is 0 Å². The van der Waals surface area contributed by atoms with Gasteiger partial charge in [-0.15, -0.1) is 0 Å². The fourth-order valence-electron chi connectivity index (χ4n) is 1.98. The van der Waals surface area contributed by atoms with Crippen LogP contribution in [0.1, 0.15) is 11.1 Å². The van der Waals surface area contributed by atoms with E-state index < -0.39 is 0 Å². The van der Waals surface area contributed by atoms with Gasteiger partial charge in [0, 0.05) is 6.54 Å². The van der Waals surface area contributed by atoms with Gasteiger partial charge in [-0.25, -0.2) is 0 Å². The van der Waals surface area contributed by atoms with Crippen molar-refractivity contribution in [1.29, 1.82) is 0 Å². The molecule has 2 nitrogen and oxygen atoms in total. The third-order valence-electron chi connectivity index (χ3n) is 2.90. The Morgan fingerprint density at radius 3 is 2.44 bits per heavy atom. The van der Waals surface area contributed by atoms with Gasteiger partial charge in [-0.1, -0.05) is 35.9 Å². The monoisotopic (exact) mass is 241 g/mol. The zero-order valence-electron chi connectivity index (χ0n) is 10.9. The summed E-state index contributed by atoms with van der Waals surface area (Å²) in [4.78, 5) is 0. The largest absolute Gasteiger partial charge is 0.492 e. The Labute approximate surface area is 108 Å². The maximum Gasteiger partial charge on any atom is 0.122 e. The smallest absolute Gasteiger partial charge is 0.122 e. The summed E-state index contributed by atoms with van der Waals surface area (Å²) >= 11 is 0. The summed E-state index contributed by atoms with van der Waals surface area (Å²) in [5, 5.41) is 0. The minimum Gasteiger partial charge on any atom is -0.492 e. The van der Waals surface area contributed by atoms with Crippen LogP contribution in [0.2, 0.25) is 0 Å². The molecule has 2 N–H and O–H groups in total. The quantitative estimate of drug-likeness (QED) is 0.891. The molecular weight excluding hydrogens is 222 g/mol. The van der Waals surface area contributed by atoms with Gasteiger partial charge in [0.1, 0.15) is 12.4 Å². The first-order valence-electron chi connectivity index (χ1n) is 6.21. The predicted molar refractivity (Wildman–Crippen MR) is 75.9 cm³/mol. The lowest BCUT2D eigenvalue weighted by Crippen LogP contribution is -2.11. The van der Waals surface area contributed by atoms with E-state index in [-0.39, 0.29) is 0 Å². The van der Waals surface area contributed by atoms with Crippen LogP contribution in [-0.2, 0) is 0 Å². The van der Waals surface area contributed by atoms with Crippen LogP contribution >= 0.6 is 0 Å². The SMILES string of the molecule is Cc1cccc(-c2ccc(OCCN)c(C)c2)c1. The first-order valence-corrected chi connectivity index (χ1v) is 6.21. The van der Waals surface area contributed by atoms with Crippen LogP contribution in [0.15, 0.2) is 42.5 Å². The van der Waals surface area contributed by atoms with Gasteiger partial charge < -0.3 is 10.5 Å². The van der Waals surface area contributed by atoms with E-state index in [1.165, 1.54) is 16.7 Å². The number of nitrogens with two attached hydrogens (primary N) is 1. The molecule has 0 heterocycles. The molecule has 2 heteroatoms. The second-order valence-electron chi connectivity index (χ2n) is 4.49. The van der Waals surface area contributed by atoms with Gasteiger partial charge in [0.2, 0.25) is 0 Å². The molecule has 18 heavy (non-hydrogen) atoms. The Bertz CT molecular complexity index is 534. The Kier molecular flexibility index (Phi) is 4.00. The van der Waals surface area contributed by atoms with Crippen LogP contribution in [0.3, 0.4) is 0 Å². The molecule has 0 spiro atoms. The summed E-state index contributed by atoms with van der Waals surface area (Å²) in [6, 6.07) is 14.8. The second kappa shape index (κ2) is 5.69. The first kappa shape index (κ1) is 12.7. The third-order valence-corrected chi connectivity index (χ3v) is 2.90. The van der Waals surface area contributed by atoms with Crippen LogP contribution in [0.25, 0.3) is 11.1 Å². The van der Waals surface area contributed by atoms with Gasteiger partial charge in [0.15, 0.2) is 0 Å². The van der Waals surface area contributed by atoms with Crippen LogP contribution in [0, 0.1) is 13.8 Å². The summed E-state index contributed by atoms with van der Waals surface area (Å²) in [5.41, 5.74) is 10.3. The maximum absolute atomic E-state index is 5.58. The molecule has 2 aromatic rings. The highest BCUT2D eigenvalue weighted by Gasteiger charge is 2.03. The minimum absolute atomic E-state index is 0.541. The van der Waals surface area contributed by atoms with Crippen LogP contribution in [0.4, 0.5) is 0 Å². The van der Waals surface area contributed by atoms with Crippen LogP contribution in [0.5, 0.6) is 5.75 Å². The van der Waals surface area contributed by atoms with Crippen molar-refractivity contribution in [3.05, 3.63) is 53.6 Å². The lowest BCUT2D eigenvalue weighted by Gasteiger charge is -2.10. The van der Waals surface area contributed by atoms with E-state index in [2.05, 4.69) is 50.2 Å². The Morgan fingerprint density at radius 1 is 1.00 bits per heavy atom. The van der Waals surface area contributed by atoms with Crippen molar-refractivity contribution in [2.45, 2.75) is 13.8 Å². The Hall–Kier alpha value is -1.80. The zero-order valence-corrected chi connectivity index (χ0v) is 10.9. The molecule has 0 aliphatic carbocycles. The number of hydrogen-bond acceptors (Lipinski definition) is 2. The molecular formula is C16H19NO. The maximum atomic E-state index is 5.58. The molecule has 2 rings (SSSR count). The van der Waals surface area contributed by atoms with Crippen LogP contribution in [-0.4, -0.2) is 13.2 Å². The van der Waals surface area contributed by atoms with Crippen molar-refractivity contribution < 1.29 is 4.74 Å². The van der Waals surface area contributed by atoms with Gasteiger partial charge >= 0.3 is 0 Å². The molecule has 0 aliphatic rings. The average Bonchev–Trinajstić information content (AvgIpc) is 2.37. The summed E-state index contributed by atoms with van der Waals surface area (Å²) in [6.45, 7) is 5.27. The Morgan fingerprint density at radius 2 is 1.78 bits per heavy atom. The summed E-state index contributed by atoms with van der Waals surface area (Å²) < 4.78 is 5.58. The molecule has 0 aromatic heterocycles. The standard InChI is InChI=1S/C16H19NO/c1-12-4-3-5-14(10-12)15-6-7-16(13(2)11-15)18-9-8-17/h3-7,10-11H,8-9,17H2,1-2H3. The van der Waals surface area contributed by atoms with E-state index in [1.54, 1.807) is 0 Å². The molecule has 0 saturated carbocycles. The highest BCUT2D eigenvalue weighted by molar-refractivity contribution is 5.66. The molecule has 0 saturated heterocycles. The topological polar surface area (TPSA) is 35.2 Å². The molecule has 0 aliphatic heterocycles. The number of rotatable bonds is 4. The number of benzene rings is 2. The van der Waals surface area contributed by atoms with Gasteiger partial charge in [0.25, 0.3) is 0 Å². The highest BCUT2D eigenvalue weighted by atomic mass is 16.5. The molecule has 0 radical (unpaired) electrons. The fourth-order valence-corrected chi connectivity index (χ4v) is 1.98. The van der Waals surface area contributed by atoms with E-state index in [0.29, 0.717) is 13.2 Å². The average molecular weight is 241 g/mol. The molecule has 0 bridgehead atoms. The molecule has 0 amide bonds. The van der Waals surface area contributed by atoms with E-state index in [1.807, 2.05) is 6.07 Å². The minimum atomic E-state index is 0.541. The van der Waals surface area contributed by atoms with Crippen molar-refractivity contribution in [1.82, 2.24) is 0 Å². The molecule has 94 valence electrons. The first-order chi connectivity index (χ1) is 8.70. The molecule has 2 aromatic carbocycles. The van der Waals surface area contributed by atoms with Crippen molar-refractivity contribution in [3.8, 4) is 16.9 Å². The van der Waals surface area contributed by atoms with Crippen LogP contribution < -0.4 is 10.5 Å². The normalized spacial score (nSPS) is 10.4. The van der Waals surface area contributed by atoms with E-state index >= 15 is 0 Å². The lowest BCUT2D eigenvalue weighted by molar-refractivity contribution is 0.326. The van der Waals surface area contributed by atoms with Gasteiger partial charge in [-0.05, 0) is 42.7 Å². The van der Waals surface area contributed by atoms with Gasteiger partial charge in [0.05, 0.1) is 0 Å². The van der Waals surface area contributed by atoms with E-state index in [4.69, 9.17) is 10.5 Å². The zero-order chi connectivity index (χ0) is 13.0. The van der Waals surface area contributed by atoms with E-state index in [0.717, 1.165) is 11.3 Å². The number of hydrogen-bond donors (Lipinski definition) is 1.